The van der Waals surface area contributed by atoms with Gasteiger partial charge in [0.1, 0.15) is 5.75 Å². The molecule has 0 spiro atoms. The second-order valence-electron chi connectivity index (χ2n) is 5.31. The number of fused-ring (bicyclic) bond motifs is 1. The number of phenols is 1. The zero-order valence-electron chi connectivity index (χ0n) is 12.9. The highest BCUT2D eigenvalue weighted by Gasteiger charge is 2.20. The number of rotatable bonds is 5. The fraction of sp³-hybridized carbons (Fsp3) is 0.312. The molecule has 1 atom stereocenters. The molecule has 0 aliphatic heterocycles. The molecule has 0 saturated carbocycles. The third kappa shape index (κ3) is 2.92. The first-order valence-corrected chi connectivity index (χ1v) is 7.09. The first kappa shape index (κ1) is 15.9. The van der Waals surface area contributed by atoms with Crippen molar-refractivity contribution >= 4 is 22.4 Å². The van der Waals surface area contributed by atoms with Gasteiger partial charge in [-0.15, -0.1) is 0 Å². The van der Waals surface area contributed by atoms with Gasteiger partial charge in [0, 0.05) is 10.8 Å². The van der Waals surface area contributed by atoms with E-state index < -0.39 is 0 Å². The van der Waals surface area contributed by atoms with Gasteiger partial charge in [0.2, 0.25) is 0 Å². The van der Waals surface area contributed by atoms with Gasteiger partial charge < -0.3 is 10.4 Å². The largest absolute Gasteiger partial charge is 0.506 e. The van der Waals surface area contributed by atoms with Crippen molar-refractivity contribution in [1.82, 2.24) is 10.2 Å². The van der Waals surface area contributed by atoms with Crippen LogP contribution in [0.1, 0.15) is 23.7 Å². The van der Waals surface area contributed by atoms with Crippen molar-refractivity contribution in [2.45, 2.75) is 19.5 Å². The van der Waals surface area contributed by atoms with E-state index in [9.17, 15) is 9.90 Å². The summed E-state index contributed by atoms with van der Waals surface area (Å²) in [6.45, 7) is 1.97. The van der Waals surface area contributed by atoms with Crippen LogP contribution in [0.15, 0.2) is 35.4 Å². The molecule has 6 heteroatoms. The van der Waals surface area contributed by atoms with Gasteiger partial charge in [0.15, 0.2) is 0 Å². The maximum Gasteiger partial charge on any atom is 0.256 e. The molecule has 1 amide bonds. The Morgan fingerprint density at radius 1 is 1.36 bits per heavy atom. The minimum absolute atomic E-state index is 0.0888. The minimum atomic E-state index is -0.381. The Morgan fingerprint density at radius 2 is 2.00 bits per heavy atom. The summed E-state index contributed by atoms with van der Waals surface area (Å²) >= 11 is 0. The van der Waals surface area contributed by atoms with E-state index in [1.165, 1.54) is 6.07 Å². The van der Waals surface area contributed by atoms with E-state index >= 15 is 0 Å². The summed E-state index contributed by atoms with van der Waals surface area (Å²) in [6, 6.07) is 8.49. The van der Waals surface area contributed by atoms with Crippen LogP contribution < -0.4 is 5.32 Å². The van der Waals surface area contributed by atoms with Crippen LogP contribution >= 0.6 is 0 Å². The molecule has 0 bridgehead atoms. The van der Waals surface area contributed by atoms with E-state index in [2.05, 4.69) is 10.4 Å². The molecule has 3 N–H and O–H groups in total. The van der Waals surface area contributed by atoms with Gasteiger partial charge in [0.05, 0.1) is 17.4 Å². The summed E-state index contributed by atoms with van der Waals surface area (Å²) in [6.07, 6.45) is 0.609. The number of nitrogens with one attached hydrogen (secondary N) is 2. The molecule has 0 radical (unpaired) electrons. The van der Waals surface area contributed by atoms with E-state index in [4.69, 9.17) is 5.53 Å². The molecule has 2 rings (SSSR count). The zero-order valence-corrected chi connectivity index (χ0v) is 12.9. The number of benzene rings is 2. The standard InChI is InChI=1S/C16H20N4O2/c1-4-14(20(2)3)18-16(22)12-9-13(19-17)10-7-5-6-8-11(10)15(12)21/h5-9,14,17,21H,4H2,1-3H3,(H,18,22). The lowest BCUT2D eigenvalue weighted by Crippen LogP contribution is -2.44. The van der Waals surface area contributed by atoms with Crippen LogP contribution in [-0.2, 0) is 0 Å². The predicted molar refractivity (Wildman–Crippen MR) is 85.7 cm³/mol. The van der Waals surface area contributed by atoms with Crippen molar-refractivity contribution in [2.75, 3.05) is 14.1 Å². The van der Waals surface area contributed by atoms with E-state index in [-0.39, 0.29) is 23.4 Å². The molecule has 0 heterocycles. The summed E-state index contributed by atoms with van der Waals surface area (Å²) in [5, 5.41) is 17.9. The number of hydrogen-bond acceptors (Lipinski definition) is 5. The lowest BCUT2D eigenvalue weighted by atomic mass is 10.0. The second-order valence-corrected chi connectivity index (χ2v) is 5.31. The minimum Gasteiger partial charge on any atom is -0.506 e. The Hall–Kier alpha value is -2.47. The maximum atomic E-state index is 12.5. The summed E-state index contributed by atoms with van der Waals surface area (Å²) < 4.78 is 0. The maximum absolute atomic E-state index is 12.5. The van der Waals surface area contributed by atoms with Gasteiger partial charge in [-0.1, -0.05) is 31.2 Å². The van der Waals surface area contributed by atoms with Crippen LogP contribution in [0.5, 0.6) is 5.75 Å². The smallest absolute Gasteiger partial charge is 0.256 e. The Morgan fingerprint density at radius 3 is 2.55 bits per heavy atom. The van der Waals surface area contributed by atoms with Crippen LogP contribution in [0.2, 0.25) is 0 Å². The number of hydrogen-bond donors (Lipinski definition) is 3. The predicted octanol–water partition coefficient (Wildman–Crippen LogP) is 3.24. The first-order valence-electron chi connectivity index (χ1n) is 7.09. The quantitative estimate of drug-likeness (QED) is 0.585. The van der Waals surface area contributed by atoms with Crippen LogP contribution in [0.3, 0.4) is 0 Å². The van der Waals surface area contributed by atoms with E-state index in [1.807, 2.05) is 25.9 Å². The van der Waals surface area contributed by atoms with Crippen LogP contribution in [0.25, 0.3) is 10.8 Å². The third-order valence-corrected chi connectivity index (χ3v) is 3.67. The molecule has 1 unspecified atom stereocenters. The fourth-order valence-electron chi connectivity index (χ4n) is 2.43. The van der Waals surface area contributed by atoms with Crippen LogP contribution in [0.4, 0.5) is 5.69 Å². The van der Waals surface area contributed by atoms with Gasteiger partial charge in [-0.25, -0.2) is 5.53 Å². The Kier molecular flexibility index (Phi) is 4.72. The number of phenolic OH excluding ortho intramolecular Hbond substituents is 1. The Bertz CT molecular complexity index is 713. The summed E-state index contributed by atoms with van der Waals surface area (Å²) in [5.41, 5.74) is 7.77. The van der Waals surface area contributed by atoms with Crippen molar-refractivity contribution in [2.24, 2.45) is 5.11 Å². The molecular formula is C16H20N4O2. The van der Waals surface area contributed by atoms with Crippen LogP contribution in [0, 0.1) is 5.53 Å². The molecule has 116 valence electrons. The number of nitrogens with zero attached hydrogens (tertiary/aromatic N) is 2. The Labute approximate surface area is 129 Å². The third-order valence-electron chi connectivity index (χ3n) is 3.67. The highest BCUT2D eigenvalue weighted by Crippen LogP contribution is 2.36. The lowest BCUT2D eigenvalue weighted by molar-refractivity contribution is 0.0885. The SMILES string of the molecule is CCC(NC(=O)c1cc(N=N)c2ccccc2c1O)N(C)C. The molecule has 6 nitrogen and oxygen atoms in total. The zero-order chi connectivity index (χ0) is 16.3. The molecule has 2 aromatic rings. The van der Waals surface area contributed by atoms with E-state index in [0.29, 0.717) is 16.5 Å². The highest BCUT2D eigenvalue weighted by molar-refractivity contribution is 6.07. The number of carbonyl (C=O) groups excluding carboxylic acids is 1. The normalized spacial score (nSPS) is 12.4. The number of aromatic hydroxyl groups is 1. The van der Waals surface area contributed by atoms with Crippen molar-refractivity contribution in [3.05, 3.63) is 35.9 Å². The molecule has 2 aromatic carbocycles. The molecule has 0 saturated heterocycles. The molecule has 0 aliphatic carbocycles. The topological polar surface area (TPSA) is 88.8 Å². The van der Waals surface area contributed by atoms with Gasteiger partial charge in [-0.3, -0.25) is 9.69 Å². The lowest BCUT2D eigenvalue weighted by Gasteiger charge is -2.24. The number of carbonyl (C=O) groups is 1. The average molecular weight is 300 g/mol. The second kappa shape index (κ2) is 6.53. The summed E-state index contributed by atoms with van der Waals surface area (Å²) in [5.74, 6) is -0.470. The monoisotopic (exact) mass is 300 g/mol. The van der Waals surface area contributed by atoms with Crippen molar-refractivity contribution in [3.63, 3.8) is 0 Å². The van der Waals surface area contributed by atoms with Crippen molar-refractivity contribution < 1.29 is 9.90 Å². The van der Waals surface area contributed by atoms with Gasteiger partial charge in [0.25, 0.3) is 5.91 Å². The van der Waals surface area contributed by atoms with Gasteiger partial charge in [-0.2, -0.15) is 5.11 Å². The fourth-order valence-corrected chi connectivity index (χ4v) is 2.43. The first-order chi connectivity index (χ1) is 10.5. The van der Waals surface area contributed by atoms with Gasteiger partial charge >= 0.3 is 0 Å². The summed E-state index contributed by atoms with van der Waals surface area (Å²) in [7, 11) is 3.75. The van der Waals surface area contributed by atoms with Gasteiger partial charge in [-0.05, 0) is 26.6 Å². The molecule has 22 heavy (non-hydrogen) atoms. The Balaban J connectivity index is 2.49. The average Bonchev–Trinajstić information content (AvgIpc) is 2.52. The van der Waals surface area contributed by atoms with E-state index in [0.717, 1.165) is 6.42 Å². The molecule has 0 aliphatic rings. The highest BCUT2D eigenvalue weighted by atomic mass is 16.3. The van der Waals surface area contributed by atoms with E-state index in [1.54, 1.807) is 24.3 Å². The molecular weight excluding hydrogens is 280 g/mol. The van der Waals surface area contributed by atoms with Crippen LogP contribution in [-0.4, -0.2) is 36.2 Å². The van der Waals surface area contributed by atoms with Crippen molar-refractivity contribution in [3.8, 4) is 5.75 Å². The number of amides is 1. The molecule has 0 aromatic heterocycles. The van der Waals surface area contributed by atoms with Crippen molar-refractivity contribution in [1.29, 1.82) is 5.53 Å². The summed E-state index contributed by atoms with van der Waals surface area (Å²) in [4.78, 5) is 14.3. The molecule has 0 fully saturated rings.